The molecular formula is C10H21O5P. The average molecular weight is 252 g/mol. The Kier molecular flexibility index (Phi) is 5.41. The first-order valence-electron chi connectivity index (χ1n) is 5.71. The van der Waals surface area contributed by atoms with Gasteiger partial charge in [0.15, 0.2) is 0 Å². The fraction of sp³-hybridized carbons (Fsp3) is 1.00. The summed E-state index contributed by atoms with van der Waals surface area (Å²) >= 11 is 0. The van der Waals surface area contributed by atoms with Crippen LogP contribution in [-0.4, -0.2) is 33.0 Å². The minimum atomic E-state index is -3.36. The summed E-state index contributed by atoms with van der Waals surface area (Å²) < 4.78 is 32.6. The van der Waals surface area contributed by atoms with Gasteiger partial charge < -0.3 is 4.74 Å². The van der Waals surface area contributed by atoms with Crippen molar-refractivity contribution < 1.29 is 22.9 Å². The molecule has 5 nitrogen and oxygen atoms in total. The lowest BCUT2D eigenvalue weighted by Gasteiger charge is -2.40. The van der Waals surface area contributed by atoms with Gasteiger partial charge in [-0.25, -0.2) is 4.57 Å². The van der Waals surface area contributed by atoms with Crippen molar-refractivity contribution in [1.82, 2.24) is 0 Å². The van der Waals surface area contributed by atoms with Crippen LogP contribution in [0, 0.1) is 5.41 Å². The molecule has 1 aliphatic heterocycles. The molecule has 1 fully saturated rings. The Morgan fingerprint density at radius 3 is 2.00 bits per heavy atom. The fourth-order valence-corrected chi connectivity index (χ4v) is 2.71. The molecule has 0 spiro atoms. The first kappa shape index (κ1) is 14.1. The second kappa shape index (κ2) is 6.12. The second-order valence-corrected chi connectivity index (χ2v) is 5.57. The molecule has 1 aliphatic rings. The topological polar surface area (TPSA) is 54.0 Å². The SMILES string of the molecule is CCOP(=O)(OCC)OCC1(CC)COC1. The Morgan fingerprint density at radius 1 is 1.12 bits per heavy atom. The molecule has 96 valence electrons. The van der Waals surface area contributed by atoms with Gasteiger partial charge in [0.05, 0.1) is 33.0 Å². The van der Waals surface area contributed by atoms with Crippen molar-refractivity contribution >= 4 is 7.82 Å². The highest BCUT2D eigenvalue weighted by Gasteiger charge is 2.40. The fourth-order valence-electron chi connectivity index (χ4n) is 1.42. The van der Waals surface area contributed by atoms with Gasteiger partial charge >= 0.3 is 7.82 Å². The molecule has 0 unspecified atom stereocenters. The second-order valence-electron chi connectivity index (χ2n) is 3.90. The summed E-state index contributed by atoms with van der Waals surface area (Å²) in [6.07, 6.45) is 0.936. The van der Waals surface area contributed by atoms with Gasteiger partial charge in [0, 0.05) is 5.41 Å². The summed E-state index contributed by atoms with van der Waals surface area (Å²) in [5.41, 5.74) is -0.0101. The van der Waals surface area contributed by atoms with Crippen LogP contribution >= 0.6 is 7.82 Å². The van der Waals surface area contributed by atoms with Crippen LogP contribution in [0.2, 0.25) is 0 Å². The number of hydrogen-bond donors (Lipinski definition) is 0. The predicted octanol–water partition coefficient (Wildman–Crippen LogP) is 2.61. The lowest BCUT2D eigenvalue weighted by molar-refractivity contribution is -0.137. The zero-order valence-corrected chi connectivity index (χ0v) is 11.1. The van der Waals surface area contributed by atoms with Crippen LogP contribution in [-0.2, 0) is 22.9 Å². The lowest BCUT2D eigenvalue weighted by atomic mass is 9.84. The maximum Gasteiger partial charge on any atom is 0.474 e. The van der Waals surface area contributed by atoms with E-state index >= 15 is 0 Å². The van der Waals surface area contributed by atoms with Crippen molar-refractivity contribution in [3.63, 3.8) is 0 Å². The standard InChI is InChI=1S/C10H21O5P/c1-4-10(7-12-8-10)9-15-16(11,13-5-2)14-6-3/h4-9H2,1-3H3. The normalized spacial score (nSPS) is 19.4. The maximum absolute atomic E-state index is 12.0. The molecule has 0 atom stereocenters. The molecule has 0 aromatic rings. The van der Waals surface area contributed by atoms with E-state index in [1.807, 2.05) is 0 Å². The van der Waals surface area contributed by atoms with Crippen LogP contribution in [0.25, 0.3) is 0 Å². The van der Waals surface area contributed by atoms with Crippen LogP contribution in [0.5, 0.6) is 0 Å². The molecule has 0 N–H and O–H groups in total. The van der Waals surface area contributed by atoms with Gasteiger partial charge in [0.2, 0.25) is 0 Å². The third-order valence-electron chi connectivity index (χ3n) is 2.67. The molecule has 1 saturated heterocycles. The van der Waals surface area contributed by atoms with Crippen molar-refractivity contribution in [2.24, 2.45) is 5.41 Å². The highest BCUT2D eigenvalue weighted by Crippen LogP contribution is 2.51. The van der Waals surface area contributed by atoms with E-state index in [0.29, 0.717) is 33.0 Å². The van der Waals surface area contributed by atoms with Gasteiger partial charge in [-0.05, 0) is 20.3 Å². The molecule has 16 heavy (non-hydrogen) atoms. The maximum atomic E-state index is 12.0. The third-order valence-corrected chi connectivity index (χ3v) is 4.26. The Morgan fingerprint density at radius 2 is 1.69 bits per heavy atom. The Bertz CT molecular complexity index is 236. The van der Waals surface area contributed by atoms with E-state index in [9.17, 15) is 4.57 Å². The number of ether oxygens (including phenoxy) is 1. The summed E-state index contributed by atoms with van der Waals surface area (Å²) in [5, 5.41) is 0. The Balaban J connectivity index is 2.45. The predicted molar refractivity (Wildman–Crippen MR) is 60.4 cm³/mol. The zero-order chi connectivity index (χ0) is 12.1. The molecule has 1 heterocycles. The molecule has 0 radical (unpaired) electrons. The van der Waals surface area contributed by atoms with E-state index in [2.05, 4.69) is 6.92 Å². The highest BCUT2D eigenvalue weighted by molar-refractivity contribution is 7.48. The van der Waals surface area contributed by atoms with Gasteiger partial charge in [-0.2, -0.15) is 0 Å². The average Bonchev–Trinajstić information content (AvgIpc) is 2.17. The number of phosphoric acid groups is 1. The van der Waals surface area contributed by atoms with Crippen LogP contribution in [0.3, 0.4) is 0 Å². The quantitative estimate of drug-likeness (QED) is 0.621. The summed E-state index contributed by atoms with van der Waals surface area (Å²) in [5.74, 6) is 0. The molecule has 0 aliphatic carbocycles. The van der Waals surface area contributed by atoms with E-state index in [1.165, 1.54) is 0 Å². The summed E-state index contributed by atoms with van der Waals surface area (Å²) in [7, 11) is -3.36. The van der Waals surface area contributed by atoms with E-state index < -0.39 is 7.82 Å². The summed E-state index contributed by atoms with van der Waals surface area (Å²) in [6.45, 7) is 7.89. The molecular weight excluding hydrogens is 231 g/mol. The zero-order valence-electron chi connectivity index (χ0n) is 10.2. The van der Waals surface area contributed by atoms with Gasteiger partial charge in [-0.15, -0.1) is 0 Å². The largest absolute Gasteiger partial charge is 0.474 e. The van der Waals surface area contributed by atoms with Crippen molar-refractivity contribution in [2.75, 3.05) is 33.0 Å². The number of hydrogen-bond acceptors (Lipinski definition) is 5. The van der Waals surface area contributed by atoms with Crippen molar-refractivity contribution in [2.45, 2.75) is 27.2 Å². The lowest BCUT2D eigenvalue weighted by Crippen LogP contribution is -2.45. The molecule has 6 heteroatoms. The van der Waals surface area contributed by atoms with Gasteiger partial charge in [0.1, 0.15) is 0 Å². The monoisotopic (exact) mass is 252 g/mol. The molecule has 0 aromatic heterocycles. The van der Waals surface area contributed by atoms with E-state index in [0.717, 1.165) is 6.42 Å². The molecule has 0 saturated carbocycles. The summed E-state index contributed by atoms with van der Waals surface area (Å²) in [6, 6.07) is 0. The van der Waals surface area contributed by atoms with Crippen molar-refractivity contribution in [3.8, 4) is 0 Å². The Labute approximate surface area is 97.0 Å². The van der Waals surface area contributed by atoms with E-state index in [4.69, 9.17) is 18.3 Å². The van der Waals surface area contributed by atoms with Gasteiger partial charge in [-0.1, -0.05) is 6.92 Å². The van der Waals surface area contributed by atoms with E-state index in [1.54, 1.807) is 13.8 Å². The number of phosphoric ester groups is 1. The van der Waals surface area contributed by atoms with Gasteiger partial charge in [0.25, 0.3) is 0 Å². The van der Waals surface area contributed by atoms with E-state index in [-0.39, 0.29) is 5.41 Å². The molecule has 0 amide bonds. The smallest absolute Gasteiger partial charge is 0.380 e. The summed E-state index contributed by atoms with van der Waals surface area (Å²) in [4.78, 5) is 0. The molecule has 0 bridgehead atoms. The van der Waals surface area contributed by atoms with Crippen LogP contribution < -0.4 is 0 Å². The molecule has 1 rings (SSSR count). The van der Waals surface area contributed by atoms with Gasteiger partial charge in [-0.3, -0.25) is 13.6 Å². The molecule has 0 aromatic carbocycles. The third kappa shape index (κ3) is 3.54. The van der Waals surface area contributed by atoms with Crippen molar-refractivity contribution in [3.05, 3.63) is 0 Å². The minimum absolute atomic E-state index is 0.0101. The van der Waals surface area contributed by atoms with Crippen molar-refractivity contribution in [1.29, 1.82) is 0 Å². The van der Waals surface area contributed by atoms with Crippen LogP contribution in [0.1, 0.15) is 27.2 Å². The number of rotatable bonds is 8. The Hall–Kier alpha value is 0.0700. The highest BCUT2D eigenvalue weighted by atomic mass is 31.2. The first-order chi connectivity index (χ1) is 7.60. The first-order valence-corrected chi connectivity index (χ1v) is 7.17. The van der Waals surface area contributed by atoms with Crippen LogP contribution in [0.4, 0.5) is 0 Å². The minimum Gasteiger partial charge on any atom is -0.380 e. The van der Waals surface area contributed by atoms with Crippen LogP contribution in [0.15, 0.2) is 0 Å².